The molecule has 0 amide bonds. The molecule has 2 aromatic rings. The van der Waals surface area contributed by atoms with Crippen molar-refractivity contribution in [1.82, 2.24) is 9.55 Å². The van der Waals surface area contributed by atoms with Gasteiger partial charge in [0.05, 0.1) is 12.9 Å². The molecule has 0 spiro atoms. The van der Waals surface area contributed by atoms with Crippen molar-refractivity contribution in [2.24, 2.45) is 0 Å². The summed E-state index contributed by atoms with van der Waals surface area (Å²) >= 11 is 1.19. The molecule has 21 heavy (non-hydrogen) atoms. The first-order valence-corrected chi connectivity index (χ1v) is 7.11. The van der Waals surface area contributed by atoms with Gasteiger partial charge in [0, 0.05) is 5.56 Å². The first-order chi connectivity index (χ1) is 10.1. The molecule has 1 heterocycles. The van der Waals surface area contributed by atoms with Crippen molar-refractivity contribution in [2.45, 2.75) is 11.6 Å². The van der Waals surface area contributed by atoms with Gasteiger partial charge in [-0.05, 0) is 30.5 Å². The number of rotatable bonds is 4. The lowest BCUT2D eigenvalue weighted by molar-refractivity contribution is 0.0970. The average Bonchev–Trinajstić information content (AvgIpc) is 2.49. The molecule has 0 fully saturated rings. The van der Waals surface area contributed by atoms with Gasteiger partial charge < -0.3 is 0 Å². The number of nitriles is 1. The van der Waals surface area contributed by atoms with E-state index < -0.39 is 11.4 Å². The summed E-state index contributed by atoms with van der Waals surface area (Å²) in [6, 6.07) is 6.83. The maximum atomic E-state index is 12.8. The molecule has 0 aliphatic carbocycles. The number of benzene rings is 1. The second kappa shape index (κ2) is 6.33. The third-order valence-corrected chi connectivity index (χ3v) is 3.48. The van der Waals surface area contributed by atoms with Crippen LogP contribution in [0.15, 0.2) is 40.4 Å². The Morgan fingerprint density at radius 2 is 2.10 bits per heavy atom. The van der Waals surface area contributed by atoms with Crippen LogP contribution in [0.25, 0.3) is 0 Å². The number of carbonyl (C=O) groups excluding carboxylic acids is 1. The van der Waals surface area contributed by atoms with Gasteiger partial charge in [0.1, 0.15) is 22.5 Å². The Kier molecular flexibility index (Phi) is 4.50. The highest BCUT2D eigenvalue weighted by atomic mass is 32.2. The molecule has 0 unspecified atom stereocenters. The highest BCUT2D eigenvalue weighted by Crippen LogP contribution is 2.12. The Balaban J connectivity index is 2.32. The Morgan fingerprint density at radius 3 is 2.67 bits per heavy atom. The predicted octanol–water partition coefficient (Wildman–Crippen LogP) is 1.86. The molecule has 2 rings (SSSR count). The summed E-state index contributed by atoms with van der Waals surface area (Å²) in [5.41, 5.74) is -0.361. The van der Waals surface area contributed by atoms with Gasteiger partial charge in [-0.3, -0.25) is 14.2 Å². The molecule has 0 bridgehead atoms. The first kappa shape index (κ1) is 14.9. The normalized spacial score (nSPS) is 10.1. The molecule has 5 nitrogen and oxygen atoms in total. The standard InChI is InChI=1S/C14H10FN3O2S/c1-21-13-11(6-16)14(20)18(8-17-13)7-12(19)9-2-4-10(15)5-3-9/h2-5,8H,7H2,1H3. The molecule has 106 valence electrons. The molecule has 0 saturated heterocycles. The number of thioether (sulfide) groups is 1. The number of ketones is 1. The SMILES string of the molecule is CSc1ncn(CC(=O)c2ccc(F)cc2)c(=O)c1C#N. The maximum absolute atomic E-state index is 12.8. The topological polar surface area (TPSA) is 75.8 Å². The van der Waals surface area contributed by atoms with Crippen molar-refractivity contribution in [1.29, 1.82) is 5.26 Å². The Labute approximate surface area is 124 Å². The van der Waals surface area contributed by atoms with Crippen LogP contribution in [0.3, 0.4) is 0 Å². The highest BCUT2D eigenvalue weighted by molar-refractivity contribution is 7.98. The van der Waals surface area contributed by atoms with Gasteiger partial charge in [0.15, 0.2) is 5.78 Å². The average molecular weight is 303 g/mol. The van der Waals surface area contributed by atoms with Crippen LogP contribution in [0.5, 0.6) is 0 Å². The van der Waals surface area contributed by atoms with Gasteiger partial charge in [-0.15, -0.1) is 11.8 Å². The minimum absolute atomic E-state index is 0.0862. The van der Waals surface area contributed by atoms with E-state index in [0.717, 1.165) is 4.57 Å². The molecule has 0 radical (unpaired) electrons. The fourth-order valence-electron chi connectivity index (χ4n) is 1.72. The second-order valence-corrected chi connectivity index (χ2v) is 4.90. The number of hydrogen-bond acceptors (Lipinski definition) is 5. The predicted molar refractivity (Wildman–Crippen MR) is 75.7 cm³/mol. The number of carbonyl (C=O) groups is 1. The largest absolute Gasteiger partial charge is 0.292 e. The van der Waals surface area contributed by atoms with Crippen LogP contribution >= 0.6 is 11.8 Å². The van der Waals surface area contributed by atoms with E-state index in [4.69, 9.17) is 5.26 Å². The summed E-state index contributed by atoms with van der Waals surface area (Å²) in [4.78, 5) is 28.1. The zero-order chi connectivity index (χ0) is 15.4. The van der Waals surface area contributed by atoms with E-state index in [1.54, 1.807) is 12.3 Å². The van der Waals surface area contributed by atoms with Crippen molar-refractivity contribution in [3.8, 4) is 6.07 Å². The number of hydrogen-bond donors (Lipinski definition) is 0. The number of aromatic nitrogens is 2. The number of Topliss-reactive ketones (excluding diaryl/α,β-unsaturated/α-hetero) is 1. The van der Waals surface area contributed by atoms with Crippen LogP contribution in [-0.2, 0) is 6.54 Å². The van der Waals surface area contributed by atoms with Gasteiger partial charge in [-0.1, -0.05) is 0 Å². The fraction of sp³-hybridized carbons (Fsp3) is 0.143. The molecular weight excluding hydrogens is 293 g/mol. The zero-order valence-electron chi connectivity index (χ0n) is 11.0. The van der Waals surface area contributed by atoms with E-state index >= 15 is 0 Å². The molecule has 0 N–H and O–H groups in total. The van der Waals surface area contributed by atoms with Gasteiger partial charge in [0.2, 0.25) is 0 Å². The third kappa shape index (κ3) is 3.17. The smallest absolute Gasteiger partial charge is 0.272 e. The lowest BCUT2D eigenvalue weighted by atomic mass is 10.1. The number of nitrogens with zero attached hydrogens (tertiary/aromatic N) is 3. The Bertz CT molecular complexity index is 778. The Morgan fingerprint density at radius 1 is 1.43 bits per heavy atom. The van der Waals surface area contributed by atoms with E-state index in [1.807, 2.05) is 0 Å². The summed E-state index contributed by atoms with van der Waals surface area (Å²) in [6.45, 7) is -0.249. The van der Waals surface area contributed by atoms with Crippen LogP contribution in [0.1, 0.15) is 15.9 Å². The van der Waals surface area contributed by atoms with Crippen LogP contribution in [0, 0.1) is 17.1 Å². The third-order valence-electron chi connectivity index (χ3n) is 2.79. The lowest BCUT2D eigenvalue weighted by Gasteiger charge is -2.06. The summed E-state index contributed by atoms with van der Waals surface area (Å²) in [6.07, 6.45) is 2.94. The van der Waals surface area contributed by atoms with Crippen molar-refractivity contribution in [3.63, 3.8) is 0 Å². The molecule has 0 atom stereocenters. The van der Waals surface area contributed by atoms with Gasteiger partial charge in [-0.2, -0.15) is 5.26 Å². The van der Waals surface area contributed by atoms with E-state index in [-0.39, 0.29) is 23.5 Å². The van der Waals surface area contributed by atoms with Crippen LogP contribution in [0.4, 0.5) is 4.39 Å². The lowest BCUT2D eigenvalue weighted by Crippen LogP contribution is -2.27. The highest BCUT2D eigenvalue weighted by Gasteiger charge is 2.13. The molecule has 0 aliphatic heterocycles. The molecule has 7 heteroatoms. The summed E-state index contributed by atoms with van der Waals surface area (Å²) < 4.78 is 13.9. The van der Waals surface area contributed by atoms with Gasteiger partial charge >= 0.3 is 0 Å². The summed E-state index contributed by atoms with van der Waals surface area (Å²) in [5, 5.41) is 9.32. The van der Waals surface area contributed by atoms with E-state index in [0.29, 0.717) is 5.03 Å². The molecule has 0 aliphatic rings. The van der Waals surface area contributed by atoms with Crippen LogP contribution in [0.2, 0.25) is 0 Å². The van der Waals surface area contributed by atoms with Crippen molar-refractivity contribution < 1.29 is 9.18 Å². The minimum Gasteiger partial charge on any atom is -0.292 e. The molecule has 1 aromatic heterocycles. The second-order valence-electron chi connectivity index (χ2n) is 4.10. The van der Waals surface area contributed by atoms with Crippen molar-refractivity contribution >= 4 is 17.5 Å². The minimum atomic E-state index is -0.563. The number of halogens is 1. The van der Waals surface area contributed by atoms with E-state index in [1.165, 1.54) is 42.4 Å². The van der Waals surface area contributed by atoms with Crippen LogP contribution in [-0.4, -0.2) is 21.6 Å². The van der Waals surface area contributed by atoms with E-state index in [9.17, 15) is 14.0 Å². The fourth-order valence-corrected chi connectivity index (χ4v) is 2.21. The quantitative estimate of drug-likeness (QED) is 0.489. The van der Waals surface area contributed by atoms with Crippen molar-refractivity contribution in [3.05, 3.63) is 57.9 Å². The van der Waals surface area contributed by atoms with Gasteiger partial charge in [0.25, 0.3) is 5.56 Å². The maximum Gasteiger partial charge on any atom is 0.272 e. The molecular formula is C14H10FN3O2S. The zero-order valence-corrected chi connectivity index (χ0v) is 11.9. The monoisotopic (exact) mass is 303 g/mol. The Hall–Kier alpha value is -2.46. The molecule has 0 saturated carbocycles. The summed E-state index contributed by atoms with van der Waals surface area (Å²) in [7, 11) is 0. The first-order valence-electron chi connectivity index (χ1n) is 5.89. The van der Waals surface area contributed by atoms with E-state index in [2.05, 4.69) is 4.98 Å². The molecule has 1 aromatic carbocycles. The summed E-state index contributed by atoms with van der Waals surface area (Å²) in [5.74, 6) is -0.804. The van der Waals surface area contributed by atoms with Crippen LogP contribution < -0.4 is 5.56 Å². The van der Waals surface area contributed by atoms with Gasteiger partial charge in [-0.25, -0.2) is 9.37 Å². The van der Waals surface area contributed by atoms with Crippen molar-refractivity contribution in [2.75, 3.05) is 6.26 Å².